The molecular weight excluding hydrogens is 278 g/mol. The Labute approximate surface area is 131 Å². The first kappa shape index (κ1) is 16.5. The van der Waals surface area contributed by atoms with Gasteiger partial charge < -0.3 is 16.0 Å². The standard InChI is InChI=1S/C17H25N3O2/c1-3-16(21)19-14-6-4-5-13(10-14)17(22)20-8-7-12(2)9-15(20)11-18/h4-6,10,12,15H,3,7-9,11,18H2,1-2H3,(H,19,21). The monoisotopic (exact) mass is 303 g/mol. The Kier molecular flexibility index (Phi) is 5.55. The zero-order valence-corrected chi connectivity index (χ0v) is 13.3. The highest BCUT2D eigenvalue weighted by Crippen LogP contribution is 2.24. The van der Waals surface area contributed by atoms with Gasteiger partial charge in [-0.25, -0.2) is 0 Å². The lowest BCUT2D eigenvalue weighted by atomic mass is 9.92. The molecule has 0 spiro atoms. The van der Waals surface area contributed by atoms with Crippen molar-refractivity contribution in [2.24, 2.45) is 11.7 Å². The molecule has 1 aliphatic heterocycles. The van der Waals surface area contributed by atoms with E-state index in [9.17, 15) is 9.59 Å². The second kappa shape index (κ2) is 7.40. The second-order valence-electron chi connectivity index (χ2n) is 6.00. The highest BCUT2D eigenvalue weighted by Gasteiger charge is 2.29. The number of amides is 2. The average Bonchev–Trinajstić information content (AvgIpc) is 2.54. The number of rotatable bonds is 4. The Morgan fingerprint density at radius 2 is 2.18 bits per heavy atom. The van der Waals surface area contributed by atoms with Crippen LogP contribution >= 0.6 is 0 Å². The molecule has 22 heavy (non-hydrogen) atoms. The molecule has 0 radical (unpaired) electrons. The quantitative estimate of drug-likeness (QED) is 0.895. The summed E-state index contributed by atoms with van der Waals surface area (Å²) in [7, 11) is 0. The number of hydrogen-bond donors (Lipinski definition) is 2. The first-order valence-electron chi connectivity index (χ1n) is 7.96. The minimum atomic E-state index is -0.0590. The molecule has 0 saturated carbocycles. The minimum absolute atomic E-state index is 0.00468. The summed E-state index contributed by atoms with van der Waals surface area (Å²) < 4.78 is 0. The molecule has 120 valence electrons. The van der Waals surface area contributed by atoms with Crippen LogP contribution in [0.5, 0.6) is 0 Å². The van der Waals surface area contributed by atoms with E-state index in [4.69, 9.17) is 5.73 Å². The molecule has 1 heterocycles. The Morgan fingerprint density at radius 1 is 1.41 bits per heavy atom. The normalized spacial score (nSPS) is 21.5. The van der Waals surface area contributed by atoms with Gasteiger partial charge in [-0.15, -0.1) is 0 Å². The number of anilines is 1. The third-order valence-corrected chi connectivity index (χ3v) is 4.23. The molecular formula is C17H25N3O2. The zero-order valence-electron chi connectivity index (χ0n) is 13.3. The predicted octanol–water partition coefficient (Wildman–Crippen LogP) is 2.23. The molecule has 2 amide bonds. The molecule has 1 aliphatic rings. The van der Waals surface area contributed by atoms with Crippen molar-refractivity contribution in [3.05, 3.63) is 29.8 Å². The molecule has 1 fully saturated rings. The number of hydrogen-bond acceptors (Lipinski definition) is 3. The van der Waals surface area contributed by atoms with Crippen molar-refractivity contribution in [2.75, 3.05) is 18.4 Å². The average molecular weight is 303 g/mol. The van der Waals surface area contributed by atoms with Gasteiger partial charge in [-0.05, 0) is 37.0 Å². The third kappa shape index (κ3) is 3.85. The van der Waals surface area contributed by atoms with Crippen LogP contribution in [0.15, 0.2) is 24.3 Å². The largest absolute Gasteiger partial charge is 0.334 e. The topological polar surface area (TPSA) is 75.4 Å². The molecule has 2 unspecified atom stereocenters. The highest BCUT2D eigenvalue weighted by atomic mass is 16.2. The number of benzene rings is 1. The maximum atomic E-state index is 12.7. The summed E-state index contributed by atoms with van der Waals surface area (Å²) in [5, 5.41) is 2.79. The number of nitrogens with zero attached hydrogens (tertiary/aromatic N) is 1. The van der Waals surface area contributed by atoms with E-state index in [0.29, 0.717) is 30.1 Å². The maximum absolute atomic E-state index is 12.7. The van der Waals surface area contributed by atoms with E-state index in [1.54, 1.807) is 31.2 Å². The number of nitrogens with two attached hydrogens (primary N) is 1. The van der Waals surface area contributed by atoms with E-state index < -0.39 is 0 Å². The molecule has 5 nitrogen and oxygen atoms in total. The first-order chi connectivity index (χ1) is 10.5. The molecule has 1 aromatic rings. The molecule has 5 heteroatoms. The number of carbonyl (C=O) groups excluding carboxylic acids is 2. The van der Waals surface area contributed by atoms with Crippen molar-refractivity contribution in [3.8, 4) is 0 Å². The van der Waals surface area contributed by atoms with Gasteiger partial charge in [0.2, 0.25) is 5.91 Å². The molecule has 1 aromatic carbocycles. The molecule has 0 aromatic heterocycles. The van der Waals surface area contributed by atoms with Gasteiger partial charge in [0, 0.05) is 36.8 Å². The van der Waals surface area contributed by atoms with Crippen LogP contribution in [0.25, 0.3) is 0 Å². The van der Waals surface area contributed by atoms with E-state index in [1.807, 2.05) is 4.90 Å². The molecule has 2 atom stereocenters. The van der Waals surface area contributed by atoms with E-state index in [2.05, 4.69) is 12.2 Å². The van der Waals surface area contributed by atoms with E-state index >= 15 is 0 Å². The number of carbonyl (C=O) groups is 2. The van der Waals surface area contributed by atoms with Crippen LogP contribution in [0.3, 0.4) is 0 Å². The minimum Gasteiger partial charge on any atom is -0.334 e. The SMILES string of the molecule is CCC(=O)Nc1cccc(C(=O)N2CCC(C)CC2CN)c1. The molecule has 2 rings (SSSR count). The van der Waals surface area contributed by atoms with E-state index in [-0.39, 0.29) is 17.9 Å². The van der Waals surface area contributed by atoms with Gasteiger partial charge in [-0.1, -0.05) is 19.9 Å². The fraction of sp³-hybridized carbons (Fsp3) is 0.529. The summed E-state index contributed by atoms with van der Waals surface area (Å²) in [4.78, 5) is 26.1. The molecule has 0 aliphatic carbocycles. The fourth-order valence-electron chi connectivity index (χ4n) is 2.89. The van der Waals surface area contributed by atoms with Crippen molar-refractivity contribution in [1.29, 1.82) is 0 Å². The summed E-state index contributed by atoms with van der Waals surface area (Å²) in [6, 6.07) is 7.22. The van der Waals surface area contributed by atoms with Crippen LogP contribution in [0.2, 0.25) is 0 Å². The Bertz CT molecular complexity index is 544. The van der Waals surface area contributed by atoms with E-state index in [1.165, 1.54) is 0 Å². The van der Waals surface area contributed by atoms with Gasteiger partial charge in [0.15, 0.2) is 0 Å². The number of likely N-dealkylation sites (tertiary alicyclic amines) is 1. The van der Waals surface area contributed by atoms with Gasteiger partial charge in [0.25, 0.3) is 5.91 Å². The van der Waals surface area contributed by atoms with Crippen LogP contribution in [-0.2, 0) is 4.79 Å². The Balaban J connectivity index is 2.14. The van der Waals surface area contributed by atoms with Crippen LogP contribution < -0.4 is 11.1 Å². The van der Waals surface area contributed by atoms with Gasteiger partial charge >= 0.3 is 0 Å². The Hall–Kier alpha value is -1.88. The smallest absolute Gasteiger partial charge is 0.254 e. The van der Waals surface area contributed by atoms with Crippen molar-refractivity contribution < 1.29 is 9.59 Å². The first-order valence-corrected chi connectivity index (χ1v) is 7.96. The molecule has 1 saturated heterocycles. The summed E-state index contributed by atoms with van der Waals surface area (Å²) >= 11 is 0. The van der Waals surface area contributed by atoms with Crippen molar-refractivity contribution >= 4 is 17.5 Å². The lowest BCUT2D eigenvalue weighted by Gasteiger charge is -2.38. The highest BCUT2D eigenvalue weighted by molar-refractivity contribution is 5.97. The van der Waals surface area contributed by atoms with Crippen molar-refractivity contribution in [3.63, 3.8) is 0 Å². The summed E-state index contributed by atoms with van der Waals surface area (Å²) in [6.45, 7) is 5.23. The van der Waals surface area contributed by atoms with Crippen LogP contribution in [0.4, 0.5) is 5.69 Å². The van der Waals surface area contributed by atoms with Crippen LogP contribution in [-0.4, -0.2) is 35.8 Å². The van der Waals surface area contributed by atoms with Gasteiger partial charge in [0.1, 0.15) is 0 Å². The van der Waals surface area contributed by atoms with Crippen molar-refractivity contribution in [1.82, 2.24) is 4.90 Å². The fourth-order valence-corrected chi connectivity index (χ4v) is 2.89. The summed E-state index contributed by atoms with van der Waals surface area (Å²) in [6.07, 6.45) is 2.38. The zero-order chi connectivity index (χ0) is 16.1. The molecule has 0 bridgehead atoms. The van der Waals surface area contributed by atoms with Gasteiger partial charge in [-0.3, -0.25) is 9.59 Å². The number of piperidine rings is 1. The summed E-state index contributed by atoms with van der Waals surface area (Å²) in [5.74, 6) is 0.541. The summed E-state index contributed by atoms with van der Waals surface area (Å²) in [5.41, 5.74) is 7.09. The third-order valence-electron chi connectivity index (χ3n) is 4.23. The maximum Gasteiger partial charge on any atom is 0.254 e. The molecule has 3 N–H and O–H groups in total. The van der Waals surface area contributed by atoms with Crippen LogP contribution in [0.1, 0.15) is 43.5 Å². The predicted molar refractivity (Wildman–Crippen MR) is 87.6 cm³/mol. The van der Waals surface area contributed by atoms with Crippen LogP contribution in [0, 0.1) is 5.92 Å². The van der Waals surface area contributed by atoms with Gasteiger partial charge in [0.05, 0.1) is 0 Å². The lowest BCUT2D eigenvalue weighted by Crippen LogP contribution is -2.49. The Morgan fingerprint density at radius 3 is 2.86 bits per heavy atom. The van der Waals surface area contributed by atoms with E-state index in [0.717, 1.165) is 19.4 Å². The van der Waals surface area contributed by atoms with Crippen molar-refractivity contribution in [2.45, 2.75) is 39.2 Å². The lowest BCUT2D eigenvalue weighted by molar-refractivity contribution is -0.115. The number of nitrogens with one attached hydrogen (secondary N) is 1. The van der Waals surface area contributed by atoms with Gasteiger partial charge in [-0.2, -0.15) is 0 Å². The second-order valence-corrected chi connectivity index (χ2v) is 6.00.